The van der Waals surface area contributed by atoms with Gasteiger partial charge in [-0.05, 0) is 42.7 Å². The number of carbonyl (C=O) groups is 1. The van der Waals surface area contributed by atoms with Gasteiger partial charge in [-0.1, -0.05) is 5.21 Å². The summed E-state index contributed by atoms with van der Waals surface area (Å²) in [6.45, 7) is 3.24. The quantitative estimate of drug-likeness (QED) is 0.854. The number of aromatic nitrogens is 3. The van der Waals surface area contributed by atoms with Crippen molar-refractivity contribution in [2.45, 2.75) is 30.5 Å². The van der Waals surface area contributed by atoms with Gasteiger partial charge in [0.25, 0.3) is 10.0 Å². The molecule has 0 saturated carbocycles. The highest BCUT2D eigenvalue weighted by Gasteiger charge is 2.31. The van der Waals surface area contributed by atoms with Crippen LogP contribution in [-0.2, 0) is 16.6 Å². The molecule has 8 nitrogen and oxygen atoms in total. The molecular weight excluding hydrogens is 352 g/mol. The molecule has 0 radical (unpaired) electrons. The van der Waals surface area contributed by atoms with Crippen LogP contribution in [0.2, 0.25) is 0 Å². The number of rotatable bonds is 5. The summed E-state index contributed by atoms with van der Waals surface area (Å²) >= 11 is 1.24. The molecule has 1 aliphatic rings. The number of carboxylic acid groups (broad SMARTS) is 1. The topological polar surface area (TPSA) is 105 Å². The number of carboxylic acids is 1. The highest BCUT2D eigenvalue weighted by Crippen LogP contribution is 2.28. The van der Waals surface area contributed by atoms with Crippen molar-refractivity contribution < 1.29 is 18.3 Å². The fourth-order valence-electron chi connectivity index (χ4n) is 2.81. The summed E-state index contributed by atoms with van der Waals surface area (Å²) in [4.78, 5) is 10.8. The van der Waals surface area contributed by atoms with Crippen LogP contribution < -0.4 is 0 Å². The Kier molecular flexibility index (Phi) is 4.70. The highest BCUT2D eigenvalue weighted by atomic mass is 32.2. The lowest BCUT2D eigenvalue weighted by Crippen LogP contribution is -2.40. The first kappa shape index (κ1) is 17.1. The second-order valence-electron chi connectivity index (χ2n) is 5.95. The molecule has 0 amide bonds. The minimum atomic E-state index is -3.46. The number of hydrogen-bond donors (Lipinski definition) is 1. The lowest BCUT2D eigenvalue weighted by Gasteiger charge is -2.31. The van der Waals surface area contributed by atoms with Gasteiger partial charge >= 0.3 is 5.97 Å². The van der Waals surface area contributed by atoms with Gasteiger partial charge in [0.2, 0.25) is 0 Å². The van der Waals surface area contributed by atoms with Gasteiger partial charge in [-0.2, -0.15) is 4.31 Å². The average Bonchev–Trinajstić information content (AvgIpc) is 3.17. The van der Waals surface area contributed by atoms with Crippen molar-refractivity contribution >= 4 is 27.3 Å². The highest BCUT2D eigenvalue weighted by molar-refractivity contribution is 7.91. The van der Waals surface area contributed by atoms with E-state index in [1.165, 1.54) is 26.5 Å². The van der Waals surface area contributed by atoms with Crippen molar-refractivity contribution in [1.29, 1.82) is 0 Å². The molecule has 10 heteroatoms. The first-order chi connectivity index (χ1) is 11.4. The van der Waals surface area contributed by atoms with Gasteiger partial charge < -0.3 is 5.11 Å². The molecule has 3 heterocycles. The van der Waals surface area contributed by atoms with E-state index >= 15 is 0 Å². The van der Waals surface area contributed by atoms with Crippen molar-refractivity contribution in [3.63, 3.8) is 0 Å². The molecule has 0 spiro atoms. The summed E-state index contributed by atoms with van der Waals surface area (Å²) < 4.78 is 28.8. The third-order valence-corrected chi connectivity index (χ3v) is 7.38. The van der Waals surface area contributed by atoms with Crippen LogP contribution >= 0.6 is 11.3 Å². The minimum absolute atomic E-state index is 0.0814. The van der Waals surface area contributed by atoms with Crippen LogP contribution in [0.1, 0.15) is 28.9 Å². The minimum Gasteiger partial charge on any atom is -0.476 e. The van der Waals surface area contributed by atoms with Crippen molar-refractivity contribution in [2.24, 2.45) is 5.92 Å². The summed E-state index contributed by atoms with van der Waals surface area (Å²) in [5.74, 6) is -1.04. The summed E-state index contributed by atoms with van der Waals surface area (Å²) in [7, 11) is -3.46. The van der Waals surface area contributed by atoms with E-state index in [9.17, 15) is 13.2 Å². The number of thiophene rings is 1. The van der Waals surface area contributed by atoms with Crippen LogP contribution in [0.15, 0.2) is 21.9 Å². The van der Waals surface area contributed by atoms with Gasteiger partial charge in [-0.25, -0.2) is 13.2 Å². The average molecular weight is 370 g/mol. The van der Waals surface area contributed by atoms with Crippen LogP contribution in [0, 0.1) is 12.8 Å². The summed E-state index contributed by atoms with van der Waals surface area (Å²) in [5.41, 5.74) is 0.834. The molecule has 1 N–H and O–H groups in total. The summed E-state index contributed by atoms with van der Waals surface area (Å²) in [6.07, 6.45) is 3.02. The van der Waals surface area contributed by atoms with E-state index in [-0.39, 0.29) is 11.6 Å². The van der Waals surface area contributed by atoms with Crippen LogP contribution in [-0.4, -0.2) is 51.9 Å². The van der Waals surface area contributed by atoms with Gasteiger partial charge in [0.15, 0.2) is 5.69 Å². The molecule has 2 aromatic rings. The first-order valence-corrected chi connectivity index (χ1v) is 9.87. The van der Waals surface area contributed by atoms with Crippen molar-refractivity contribution in [3.05, 3.63) is 28.9 Å². The lowest BCUT2D eigenvalue weighted by atomic mass is 10.00. The zero-order valence-corrected chi connectivity index (χ0v) is 14.8. The van der Waals surface area contributed by atoms with Crippen molar-refractivity contribution in [2.75, 3.05) is 13.1 Å². The van der Waals surface area contributed by atoms with Crippen molar-refractivity contribution in [3.8, 4) is 0 Å². The first-order valence-electron chi connectivity index (χ1n) is 7.55. The molecule has 1 fully saturated rings. The summed E-state index contributed by atoms with van der Waals surface area (Å²) in [6, 6.07) is 1.69. The van der Waals surface area contributed by atoms with Crippen LogP contribution in [0.5, 0.6) is 0 Å². The molecule has 0 bridgehead atoms. The third-order valence-electron chi connectivity index (χ3n) is 3.99. The van der Waals surface area contributed by atoms with E-state index in [0.29, 0.717) is 23.8 Å². The Hall–Kier alpha value is -1.78. The zero-order chi connectivity index (χ0) is 17.3. The van der Waals surface area contributed by atoms with Crippen LogP contribution in [0.25, 0.3) is 0 Å². The van der Waals surface area contributed by atoms with Gasteiger partial charge in [0.1, 0.15) is 4.21 Å². The Morgan fingerprint density at radius 3 is 2.92 bits per heavy atom. The van der Waals surface area contributed by atoms with Gasteiger partial charge in [0.05, 0.1) is 6.20 Å². The van der Waals surface area contributed by atoms with E-state index in [4.69, 9.17) is 5.11 Å². The van der Waals surface area contributed by atoms with Crippen LogP contribution in [0.3, 0.4) is 0 Å². The smallest absolute Gasteiger partial charge is 0.358 e. The molecule has 3 rings (SSSR count). The normalized spacial score (nSPS) is 19.5. The number of hydrogen-bond acceptors (Lipinski definition) is 6. The maximum Gasteiger partial charge on any atom is 0.358 e. The Balaban J connectivity index is 1.70. The molecule has 2 aromatic heterocycles. The van der Waals surface area contributed by atoms with E-state index in [1.54, 1.807) is 6.07 Å². The fraction of sp³-hybridized carbons (Fsp3) is 0.500. The molecule has 0 aromatic carbocycles. The van der Waals surface area contributed by atoms with Gasteiger partial charge in [0, 0.05) is 19.6 Å². The fourth-order valence-corrected chi connectivity index (χ4v) is 5.75. The maximum absolute atomic E-state index is 12.7. The molecule has 0 unspecified atom stereocenters. The van der Waals surface area contributed by atoms with E-state index < -0.39 is 16.0 Å². The predicted molar refractivity (Wildman–Crippen MR) is 87.5 cm³/mol. The molecule has 1 aliphatic heterocycles. The second-order valence-corrected chi connectivity index (χ2v) is 9.02. The van der Waals surface area contributed by atoms with Gasteiger partial charge in [-0.3, -0.25) is 4.68 Å². The van der Waals surface area contributed by atoms with Crippen LogP contribution in [0.4, 0.5) is 0 Å². The molecule has 1 atom stereocenters. The monoisotopic (exact) mass is 370 g/mol. The third kappa shape index (κ3) is 3.50. The molecule has 24 heavy (non-hydrogen) atoms. The number of aromatic carboxylic acids is 1. The number of piperidine rings is 1. The largest absolute Gasteiger partial charge is 0.476 e. The van der Waals surface area contributed by atoms with Crippen molar-refractivity contribution in [1.82, 2.24) is 19.3 Å². The Morgan fingerprint density at radius 1 is 1.50 bits per heavy atom. The van der Waals surface area contributed by atoms with E-state index in [2.05, 4.69) is 10.3 Å². The van der Waals surface area contributed by atoms with Gasteiger partial charge in [-0.15, -0.1) is 16.4 Å². The Labute approximate surface area is 143 Å². The molecule has 1 saturated heterocycles. The number of nitrogens with zero attached hydrogens (tertiary/aromatic N) is 4. The number of sulfonamides is 1. The lowest BCUT2D eigenvalue weighted by molar-refractivity contribution is 0.0690. The summed E-state index contributed by atoms with van der Waals surface area (Å²) in [5, 5.41) is 18.1. The number of aryl methyl sites for hydroxylation is 1. The Morgan fingerprint density at radius 2 is 2.29 bits per heavy atom. The molecule has 0 aliphatic carbocycles. The predicted octanol–water partition coefficient (Wildman–Crippen LogP) is 1.45. The Bertz CT molecular complexity index is 843. The maximum atomic E-state index is 12.7. The standard InChI is InChI=1S/C14H18N4O4S2/c1-10-5-13(23-9-10)24(21,22)18-4-2-3-11(7-18)6-17-8-12(14(19)20)15-16-17/h5,8-9,11H,2-4,6-7H2,1H3,(H,19,20)/t11-/m0/s1. The zero-order valence-electron chi connectivity index (χ0n) is 13.1. The van der Waals surface area contributed by atoms with E-state index in [1.807, 2.05) is 12.3 Å². The SMILES string of the molecule is Cc1csc(S(=O)(=O)N2CCC[C@@H](Cn3cc(C(=O)O)nn3)C2)c1. The van der Waals surface area contributed by atoms with E-state index in [0.717, 1.165) is 18.4 Å². The second kappa shape index (κ2) is 6.61. The molecule has 130 valence electrons. The molecular formula is C14H18N4O4S2.